The van der Waals surface area contributed by atoms with Crippen LogP contribution in [0.5, 0.6) is 0 Å². The minimum absolute atomic E-state index is 0.972. The van der Waals surface area contributed by atoms with E-state index in [1.54, 1.807) is 28.4 Å². The summed E-state index contributed by atoms with van der Waals surface area (Å²) in [5.41, 5.74) is 4.43. The Hall–Kier alpha value is -0.246. The van der Waals surface area contributed by atoms with E-state index in [2.05, 4.69) is 37.4 Å². The van der Waals surface area contributed by atoms with Crippen LogP contribution in [-0.4, -0.2) is 45.6 Å². The highest BCUT2D eigenvalue weighted by molar-refractivity contribution is 6.73. The van der Waals surface area contributed by atoms with Crippen molar-refractivity contribution >= 4 is 17.1 Å². The Balaban J connectivity index is 4.57. The molecule has 154 valence electrons. The predicted molar refractivity (Wildman–Crippen MR) is 116 cm³/mol. The van der Waals surface area contributed by atoms with Crippen LogP contribution in [0.3, 0.4) is 0 Å². The van der Waals surface area contributed by atoms with Gasteiger partial charge in [0.2, 0.25) is 0 Å². The topological polar surface area (TPSA) is 36.9 Å². The largest absolute Gasteiger partial charge is 0.395 e. The molecule has 0 aliphatic rings. The van der Waals surface area contributed by atoms with Gasteiger partial charge in [-0.15, -0.1) is 0 Å². The van der Waals surface area contributed by atoms with Gasteiger partial charge in [-0.3, -0.25) is 0 Å². The van der Waals surface area contributed by atoms with Crippen LogP contribution in [0.15, 0.2) is 23.6 Å². The lowest BCUT2D eigenvalue weighted by atomic mass is 10.2. The van der Waals surface area contributed by atoms with Gasteiger partial charge in [-0.2, -0.15) is 0 Å². The summed E-state index contributed by atoms with van der Waals surface area (Å²) in [6.45, 7) is 4.42. The van der Waals surface area contributed by atoms with Crippen molar-refractivity contribution in [3.05, 3.63) is 23.6 Å². The summed E-state index contributed by atoms with van der Waals surface area (Å²) in [6.07, 6.45) is 13.7. The summed E-state index contributed by atoms with van der Waals surface area (Å²) in [5.74, 6) is 0. The van der Waals surface area contributed by atoms with Crippen LogP contribution in [0, 0.1) is 0 Å². The molecule has 0 aromatic heterocycles. The first-order chi connectivity index (χ1) is 12.6. The third kappa shape index (κ3) is 10.2. The molecule has 0 N–H and O–H groups in total. The fourth-order valence-electron chi connectivity index (χ4n) is 2.93. The van der Waals surface area contributed by atoms with Crippen LogP contribution in [0.2, 0.25) is 12.1 Å². The average molecular weight is 403 g/mol. The molecule has 4 nitrogen and oxygen atoms in total. The predicted octanol–water partition coefficient (Wildman–Crippen LogP) is 5.81. The summed E-state index contributed by atoms with van der Waals surface area (Å²) in [4.78, 5) is 0. The molecule has 0 amide bonds. The zero-order chi connectivity index (χ0) is 19.7. The van der Waals surface area contributed by atoms with Crippen molar-refractivity contribution in [3.8, 4) is 0 Å². The second-order valence-electron chi connectivity index (χ2n) is 6.74. The summed E-state index contributed by atoms with van der Waals surface area (Å²) < 4.78 is 23.2. The van der Waals surface area contributed by atoms with Crippen molar-refractivity contribution in [2.75, 3.05) is 28.4 Å². The molecular weight excluding hydrogens is 360 g/mol. The molecule has 0 fully saturated rings. The molecule has 0 radical (unpaired) electrons. The number of hydrogen-bond donors (Lipinski definition) is 0. The number of hydrogen-bond acceptors (Lipinski definition) is 4. The number of rotatable bonds is 17. The summed E-state index contributed by atoms with van der Waals surface area (Å²) in [7, 11) is 2.69. The fraction of sp³-hybridized carbons (Fsp3) is 0.800. The Kier molecular flexibility index (Phi) is 15.6. The van der Waals surface area contributed by atoms with Crippen molar-refractivity contribution in [1.82, 2.24) is 0 Å². The van der Waals surface area contributed by atoms with E-state index in [-0.39, 0.29) is 0 Å². The van der Waals surface area contributed by atoms with Crippen LogP contribution >= 0.6 is 0 Å². The second kappa shape index (κ2) is 15.8. The molecule has 0 aliphatic carbocycles. The van der Waals surface area contributed by atoms with Gasteiger partial charge in [-0.05, 0) is 36.3 Å². The fourth-order valence-corrected chi connectivity index (χ4v) is 7.49. The number of unbranched alkanes of at least 4 members (excludes halogenated alkanes) is 5. The van der Waals surface area contributed by atoms with Gasteiger partial charge in [0.1, 0.15) is 0 Å². The highest BCUT2D eigenvalue weighted by atomic mass is 28.4. The van der Waals surface area contributed by atoms with Crippen LogP contribution < -0.4 is 0 Å². The van der Waals surface area contributed by atoms with E-state index in [0.29, 0.717) is 0 Å². The summed E-state index contributed by atoms with van der Waals surface area (Å²) in [6, 6.07) is 1.94. The lowest BCUT2D eigenvalue weighted by molar-refractivity contribution is 0.249. The first-order valence-corrected chi connectivity index (χ1v) is 14.3. The molecule has 0 spiro atoms. The van der Waals surface area contributed by atoms with E-state index in [9.17, 15) is 0 Å². The molecule has 0 rings (SSSR count). The maximum atomic E-state index is 5.81. The molecular formula is C20H42O4Si2. The van der Waals surface area contributed by atoms with E-state index in [1.165, 1.54) is 25.7 Å². The van der Waals surface area contributed by atoms with E-state index >= 15 is 0 Å². The zero-order valence-electron chi connectivity index (χ0n) is 18.0. The van der Waals surface area contributed by atoms with Gasteiger partial charge in [0.25, 0.3) is 0 Å². The van der Waals surface area contributed by atoms with Gasteiger partial charge >= 0.3 is 17.1 Å². The van der Waals surface area contributed by atoms with Crippen molar-refractivity contribution in [3.63, 3.8) is 0 Å². The maximum Gasteiger partial charge on any atom is 0.364 e. The van der Waals surface area contributed by atoms with Gasteiger partial charge in [0.05, 0.1) is 0 Å². The van der Waals surface area contributed by atoms with Gasteiger partial charge in [-0.1, -0.05) is 64.5 Å². The molecule has 0 aliphatic heterocycles. The van der Waals surface area contributed by atoms with E-state index in [4.69, 9.17) is 17.7 Å². The first-order valence-electron chi connectivity index (χ1n) is 10.1. The standard InChI is InChI=1S/C20H42O4Si2/c1-7-9-11-13-17-25(21-3,22-4)19-15-16-20-26(23-5,24-6)18-14-12-10-8-2/h13-14,17-18H,7-12,15-16,19-20H2,1-6H3. The molecule has 0 aromatic carbocycles. The van der Waals surface area contributed by atoms with E-state index in [0.717, 1.165) is 37.8 Å². The lowest BCUT2D eigenvalue weighted by Crippen LogP contribution is -2.39. The van der Waals surface area contributed by atoms with E-state index in [1.807, 2.05) is 0 Å². The normalized spacial score (nSPS) is 13.3. The second-order valence-corrected chi connectivity index (χ2v) is 13.3. The Morgan fingerprint density at radius 3 is 1.19 bits per heavy atom. The average Bonchev–Trinajstić information content (AvgIpc) is 2.69. The van der Waals surface area contributed by atoms with E-state index < -0.39 is 17.1 Å². The third-order valence-corrected chi connectivity index (χ3v) is 11.2. The zero-order valence-corrected chi connectivity index (χ0v) is 20.0. The number of allylic oxidation sites excluding steroid dienone is 2. The minimum Gasteiger partial charge on any atom is -0.395 e. The maximum absolute atomic E-state index is 5.81. The van der Waals surface area contributed by atoms with Crippen molar-refractivity contribution < 1.29 is 17.7 Å². The minimum atomic E-state index is -2.21. The molecule has 0 heterocycles. The van der Waals surface area contributed by atoms with Crippen LogP contribution in [0.4, 0.5) is 0 Å². The third-order valence-electron chi connectivity index (χ3n) is 4.87. The lowest BCUT2D eigenvalue weighted by Gasteiger charge is -2.26. The Morgan fingerprint density at radius 1 is 0.577 bits per heavy atom. The highest BCUT2D eigenvalue weighted by Gasteiger charge is 2.34. The quantitative estimate of drug-likeness (QED) is 0.227. The molecule has 0 unspecified atom stereocenters. The Bertz CT molecular complexity index is 342. The van der Waals surface area contributed by atoms with Gasteiger partial charge in [-0.25, -0.2) is 0 Å². The van der Waals surface area contributed by atoms with Gasteiger partial charge in [0.15, 0.2) is 0 Å². The monoisotopic (exact) mass is 402 g/mol. The summed E-state index contributed by atoms with van der Waals surface area (Å²) in [5, 5.41) is 0. The first kappa shape index (κ1) is 25.8. The van der Waals surface area contributed by atoms with Crippen molar-refractivity contribution in [2.45, 2.75) is 77.3 Å². The molecule has 26 heavy (non-hydrogen) atoms. The van der Waals surface area contributed by atoms with Crippen LogP contribution in [-0.2, 0) is 17.7 Å². The molecule has 0 aromatic rings. The smallest absolute Gasteiger partial charge is 0.364 e. The summed E-state index contributed by atoms with van der Waals surface area (Å²) >= 11 is 0. The molecule has 0 saturated heterocycles. The van der Waals surface area contributed by atoms with Gasteiger partial charge in [0, 0.05) is 28.4 Å². The van der Waals surface area contributed by atoms with Gasteiger partial charge < -0.3 is 17.7 Å². The van der Waals surface area contributed by atoms with Crippen molar-refractivity contribution in [1.29, 1.82) is 0 Å². The Labute approximate surface area is 164 Å². The van der Waals surface area contributed by atoms with Crippen LogP contribution in [0.25, 0.3) is 0 Å². The highest BCUT2D eigenvalue weighted by Crippen LogP contribution is 2.23. The Morgan fingerprint density at radius 2 is 0.923 bits per heavy atom. The molecule has 0 bridgehead atoms. The SMILES string of the molecule is CCCCC=C[Si](CCCC[Si](C=CCCCC)(OC)OC)(OC)OC. The van der Waals surface area contributed by atoms with Crippen LogP contribution in [0.1, 0.15) is 65.2 Å². The van der Waals surface area contributed by atoms with Crippen molar-refractivity contribution in [2.24, 2.45) is 0 Å². The molecule has 0 atom stereocenters. The molecule has 6 heteroatoms. The molecule has 0 saturated carbocycles.